The number of fused-ring (bicyclic) bond motifs is 5. The van der Waals surface area contributed by atoms with Crippen molar-refractivity contribution in [3.63, 3.8) is 0 Å². The Balaban J connectivity index is 1.98. The highest BCUT2D eigenvalue weighted by atomic mass is 35.5. The molecule has 5 nitrogen and oxygen atoms in total. The standard InChI is InChI=1S/C18H16ClN5/c1-3-5-6-17-21-22-18-13-9-12(19)7-8-15(13)24-11-20-14(4-2)16(24)10-23(17)18/h2,7-9,11H,3,5-6,10H2,1H3. The number of hydrogen-bond acceptors (Lipinski definition) is 3. The first-order valence-electron chi connectivity index (χ1n) is 7.98. The molecule has 6 heteroatoms. The minimum Gasteiger partial charge on any atom is -0.305 e. The number of aromatic nitrogens is 5. The maximum Gasteiger partial charge on any atom is 0.166 e. The van der Waals surface area contributed by atoms with Crippen molar-refractivity contribution < 1.29 is 0 Å². The molecule has 0 unspecified atom stereocenters. The molecule has 0 N–H and O–H groups in total. The average Bonchev–Trinajstić information content (AvgIpc) is 3.14. The zero-order valence-electron chi connectivity index (χ0n) is 13.3. The summed E-state index contributed by atoms with van der Waals surface area (Å²) in [7, 11) is 0. The number of imidazole rings is 1. The fourth-order valence-electron chi connectivity index (χ4n) is 3.12. The predicted octanol–water partition coefficient (Wildman–Crippen LogP) is 3.47. The van der Waals surface area contributed by atoms with Crippen molar-refractivity contribution in [2.45, 2.75) is 32.7 Å². The summed E-state index contributed by atoms with van der Waals surface area (Å²) in [4.78, 5) is 4.37. The molecule has 0 saturated heterocycles. The Labute approximate surface area is 145 Å². The van der Waals surface area contributed by atoms with Crippen LogP contribution < -0.4 is 0 Å². The molecule has 0 atom stereocenters. The lowest BCUT2D eigenvalue weighted by Crippen LogP contribution is -2.08. The van der Waals surface area contributed by atoms with Gasteiger partial charge in [0.2, 0.25) is 0 Å². The summed E-state index contributed by atoms with van der Waals surface area (Å²) < 4.78 is 4.16. The molecule has 2 aromatic heterocycles. The van der Waals surface area contributed by atoms with Gasteiger partial charge in [0.1, 0.15) is 17.8 Å². The van der Waals surface area contributed by atoms with Crippen LogP contribution in [0.25, 0.3) is 17.1 Å². The number of rotatable bonds is 3. The molecule has 0 spiro atoms. The summed E-state index contributed by atoms with van der Waals surface area (Å²) >= 11 is 6.23. The van der Waals surface area contributed by atoms with Crippen LogP contribution in [0, 0.1) is 12.3 Å². The number of terminal acetylenes is 1. The third-order valence-electron chi connectivity index (χ3n) is 4.35. The van der Waals surface area contributed by atoms with Gasteiger partial charge in [0.05, 0.1) is 17.9 Å². The Morgan fingerprint density at radius 3 is 3.00 bits per heavy atom. The first kappa shape index (κ1) is 15.0. The van der Waals surface area contributed by atoms with Crippen molar-refractivity contribution >= 4 is 11.6 Å². The molecule has 24 heavy (non-hydrogen) atoms. The van der Waals surface area contributed by atoms with Crippen LogP contribution in [0.3, 0.4) is 0 Å². The minimum atomic E-state index is 0.604. The lowest BCUT2D eigenvalue weighted by molar-refractivity contribution is 0.671. The first-order valence-corrected chi connectivity index (χ1v) is 8.36. The second-order valence-corrected chi connectivity index (χ2v) is 6.28. The summed E-state index contributed by atoms with van der Waals surface area (Å²) in [5.74, 6) is 4.47. The monoisotopic (exact) mass is 337 g/mol. The Morgan fingerprint density at radius 1 is 1.33 bits per heavy atom. The van der Waals surface area contributed by atoms with E-state index in [1.807, 2.05) is 22.8 Å². The van der Waals surface area contributed by atoms with Crippen molar-refractivity contribution in [1.82, 2.24) is 24.3 Å². The van der Waals surface area contributed by atoms with Crippen molar-refractivity contribution in [1.29, 1.82) is 0 Å². The third-order valence-corrected chi connectivity index (χ3v) is 4.59. The topological polar surface area (TPSA) is 48.5 Å². The van der Waals surface area contributed by atoms with Crippen molar-refractivity contribution in [2.24, 2.45) is 0 Å². The van der Waals surface area contributed by atoms with Crippen LogP contribution in [0.5, 0.6) is 0 Å². The SMILES string of the molecule is C#Cc1ncn2c1Cn1c(CCCC)nnc1-c1cc(Cl)ccc1-2. The van der Waals surface area contributed by atoms with Crippen molar-refractivity contribution in [3.05, 3.63) is 46.8 Å². The highest BCUT2D eigenvalue weighted by Gasteiger charge is 2.25. The Hall–Kier alpha value is -2.58. The molecule has 0 aliphatic carbocycles. The van der Waals surface area contributed by atoms with Crippen LogP contribution in [-0.4, -0.2) is 24.3 Å². The van der Waals surface area contributed by atoms with Gasteiger partial charge < -0.3 is 4.57 Å². The van der Waals surface area contributed by atoms with Gasteiger partial charge in [0.25, 0.3) is 0 Å². The molecule has 4 rings (SSSR count). The van der Waals surface area contributed by atoms with Gasteiger partial charge in [-0.3, -0.25) is 4.57 Å². The molecule has 1 aliphatic heterocycles. The first-order chi connectivity index (χ1) is 11.7. The normalized spacial score (nSPS) is 12.0. The maximum absolute atomic E-state index is 6.23. The molecular weight excluding hydrogens is 322 g/mol. The van der Waals surface area contributed by atoms with Crippen LogP contribution in [0.1, 0.15) is 37.0 Å². The fraction of sp³-hybridized carbons (Fsp3) is 0.278. The molecule has 3 aromatic rings. The van der Waals surface area contributed by atoms with E-state index in [0.29, 0.717) is 17.3 Å². The van der Waals surface area contributed by atoms with Gasteiger partial charge >= 0.3 is 0 Å². The van der Waals surface area contributed by atoms with Gasteiger partial charge in [-0.05, 0) is 30.5 Å². The highest BCUT2D eigenvalue weighted by Crippen LogP contribution is 2.34. The van der Waals surface area contributed by atoms with Crippen LogP contribution in [-0.2, 0) is 13.0 Å². The van der Waals surface area contributed by atoms with E-state index < -0.39 is 0 Å². The summed E-state index contributed by atoms with van der Waals surface area (Å²) in [6.45, 7) is 2.77. The smallest absolute Gasteiger partial charge is 0.166 e. The zero-order valence-corrected chi connectivity index (χ0v) is 14.1. The van der Waals surface area contributed by atoms with Gasteiger partial charge in [-0.15, -0.1) is 16.6 Å². The maximum atomic E-state index is 6.23. The molecule has 1 aliphatic rings. The van der Waals surface area contributed by atoms with Crippen LogP contribution in [0.2, 0.25) is 5.02 Å². The summed E-state index contributed by atoms with van der Waals surface area (Å²) in [5.41, 5.74) is 3.53. The molecule has 0 fully saturated rings. The number of halogens is 1. The van der Waals surface area contributed by atoms with E-state index in [2.05, 4.69) is 32.6 Å². The molecule has 0 bridgehead atoms. The minimum absolute atomic E-state index is 0.604. The number of aryl methyl sites for hydroxylation is 1. The second kappa shape index (κ2) is 5.81. The zero-order chi connectivity index (χ0) is 16.7. The van der Waals surface area contributed by atoms with Gasteiger partial charge in [0, 0.05) is 17.0 Å². The number of hydrogen-bond donors (Lipinski definition) is 0. The lowest BCUT2D eigenvalue weighted by Gasteiger charge is -2.08. The largest absolute Gasteiger partial charge is 0.305 e. The molecular formula is C18H16ClN5. The van der Waals surface area contributed by atoms with E-state index in [-0.39, 0.29) is 0 Å². The summed E-state index contributed by atoms with van der Waals surface area (Å²) in [6, 6.07) is 5.76. The van der Waals surface area contributed by atoms with E-state index in [1.165, 1.54) is 0 Å². The number of benzene rings is 1. The third kappa shape index (κ3) is 2.22. The molecule has 120 valence electrons. The van der Waals surface area contributed by atoms with Crippen molar-refractivity contribution in [2.75, 3.05) is 0 Å². The van der Waals surface area contributed by atoms with Gasteiger partial charge in [-0.1, -0.05) is 24.9 Å². The summed E-state index contributed by atoms with van der Waals surface area (Å²) in [6.07, 6.45) is 10.5. The Morgan fingerprint density at radius 2 is 2.21 bits per heavy atom. The molecule has 0 amide bonds. The Kier molecular flexibility index (Phi) is 3.62. The Bertz CT molecular complexity index is 960. The summed E-state index contributed by atoms with van der Waals surface area (Å²) in [5, 5.41) is 9.51. The van der Waals surface area contributed by atoms with E-state index in [1.54, 1.807) is 6.33 Å². The predicted molar refractivity (Wildman–Crippen MR) is 93.2 cm³/mol. The molecule has 0 radical (unpaired) electrons. The van der Waals surface area contributed by atoms with Gasteiger partial charge in [0.15, 0.2) is 5.82 Å². The van der Waals surface area contributed by atoms with E-state index in [9.17, 15) is 0 Å². The number of nitrogens with zero attached hydrogens (tertiary/aromatic N) is 5. The van der Waals surface area contributed by atoms with E-state index >= 15 is 0 Å². The van der Waals surface area contributed by atoms with Crippen LogP contribution in [0.4, 0.5) is 0 Å². The quantitative estimate of drug-likeness (QED) is 0.538. The van der Waals surface area contributed by atoms with E-state index in [0.717, 1.165) is 47.9 Å². The number of unbranched alkanes of at least 4 members (excludes halogenated alkanes) is 1. The molecule has 3 heterocycles. The van der Waals surface area contributed by atoms with E-state index in [4.69, 9.17) is 18.0 Å². The second-order valence-electron chi connectivity index (χ2n) is 5.85. The average molecular weight is 338 g/mol. The molecule has 0 saturated carbocycles. The van der Waals surface area contributed by atoms with Crippen molar-refractivity contribution in [3.8, 4) is 29.4 Å². The van der Waals surface area contributed by atoms with Crippen LogP contribution in [0.15, 0.2) is 24.5 Å². The van der Waals surface area contributed by atoms with Gasteiger partial charge in [-0.2, -0.15) is 0 Å². The highest BCUT2D eigenvalue weighted by molar-refractivity contribution is 6.31. The van der Waals surface area contributed by atoms with Crippen LogP contribution >= 0.6 is 11.6 Å². The van der Waals surface area contributed by atoms with Gasteiger partial charge in [-0.25, -0.2) is 4.98 Å². The fourth-order valence-corrected chi connectivity index (χ4v) is 3.29. The lowest BCUT2D eigenvalue weighted by atomic mass is 10.1. The molecule has 1 aromatic carbocycles.